The van der Waals surface area contributed by atoms with Gasteiger partial charge in [-0.05, 0) is 73.2 Å². The van der Waals surface area contributed by atoms with E-state index in [4.69, 9.17) is 39.5 Å². The van der Waals surface area contributed by atoms with Gasteiger partial charge in [-0.3, -0.25) is 14.2 Å². The Bertz CT molecular complexity index is 1380. The lowest BCUT2D eigenvalue weighted by molar-refractivity contribution is -0.115. The molecular formula is C25H19Cl3N2O3. The maximum Gasteiger partial charge on any atom is 0.262 e. The molecule has 1 amide bonds. The Morgan fingerprint density at radius 1 is 0.939 bits per heavy atom. The van der Waals surface area contributed by atoms with Crippen molar-refractivity contribution in [3.63, 3.8) is 0 Å². The van der Waals surface area contributed by atoms with E-state index in [1.807, 2.05) is 19.1 Å². The van der Waals surface area contributed by atoms with E-state index in [-0.39, 0.29) is 18.2 Å². The van der Waals surface area contributed by atoms with Gasteiger partial charge in [-0.1, -0.05) is 34.8 Å². The highest BCUT2D eigenvalue weighted by Gasteiger charge is 2.22. The predicted molar refractivity (Wildman–Crippen MR) is 133 cm³/mol. The van der Waals surface area contributed by atoms with Crippen LogP contribution in [0.2, 0.25) is 15.1 Å². The first kappa shape index (κ1) is 23.2. The third-order valence-corrected chi connectivity index (χ3v) is 6.19. The molecule has 4 rings (SSSR count). The summed E-state index contributed by atoms with van der Waals surface area (Å²) >= 11 is 18.2. The maximum atomic E-state index is 13.4. The number of ether oxygens (including phenoxy) is 1. The smallest absolute Gasteiger partial charge is 0.262 e. The molecule has 0 bridgehead atoms. The Morgan fingerprint density at radius 2 is 1.64 bits per heavy atom. The summed E-state index contributed by atoms with van der Waals surface area (Å²) in [5.41, 5.74) is 2.95. The number of hydrogen-bond donors (Lipinski definition) is 1. The molecule has 0 fully saturated rings. The second kappa shape index (κ2) is 9.48. The van der Waals surface area contributed by atoms with Gasteiger partial charge in [0.05, 0.1) is 29.8 Å². The van der Waals surface area contributed by atoms with E-state index in [0.29, 0.717) is 48.8 Å². The van der Waals surface area contributed by atoms with Crippen LogP contribution in [0.1, 0.15) is 21.6 Å². The van der Waals surface area contributed by atoms with E-state index in [1.165, 1.54) is 0 Å². The van der Waals surface area contributed by atoms with Crippen molar-refractivity contribution >= 4 is 63.2 Å². The largest absolute Gasteiger partial charge is 0.497 e. The average molecular weight is 502 g/mol. The summed E-state index contributed by atoms with van der Waals surface area (Å²) in [6.45, 7) is 1.81. The number of carbonyl (C=O) groups is 2. The van der Waals surface area contributed by atoms with Crippen molar-refractivity contribution in [1.82, 2.24) is 4.57 Å². The number of hydrogen-bond acceptors (Lipinski definition) is 3. The molecular weight excluding hydrogens is 483 g/mol. The fourth-order valence-electron chi connectivity index (χ4n) is 3.74. The molecule has 4 aromatic rings. The summed E-state index contributed by atoms with van der Waals surface area (Å²) in [7, 11) is 1.57. The molecule has 0 aliphatic carbocycles. The molecule has 0 atom stereocenters. The number of amides is 1. The summed E-state index contributed by atoms with van der Waals surface area (Å²) in [5, 5.41) is 4.94. The van der Waals surface area contributed by atoms with Crippen molar-refractivity contribution in [2.24, 2.45) is 0 Å². The zero-order chi connectivity index (χ0) is 23.7. The van der Waals surface area contributed by atoms with E-state index in [0.717, 1.165) is 5.39 Å². The average Bonchev–Trinajstić information content (AvgIpc) is 3.06. The molecule has 5 nitrogen and oxygen atoms in total. The molecule has 0 aliphatic rings. The van der Waals surface area contributed by atoms with Crippen molar-refractivity contribution in [2.45, 2.75) is 13.3 Å². The topological polar surface area (TPSA) is 60.3 Å². The lowest BCUT2D eigenvalue weighted by atomic mass is 10.1. The summed E-state index contributed by atoms with van der Waals surface area (Å²) in [6.07, 6.45) is 0.0270. The third kappa shape index (κ3) is 4.71. The normalized spacial score (nSPS) is 10.9. The summed E-state index contributed by atoms with van der Waals surface area (Å²) in [4.78, 5) is 26.3. The minimum Gasteiger partial charge on any atom is -0.497 e. The SMILES string of the molecule is COc1ccc2c(c1)c(CC(=O)Nc1cc(Cl)ccc1Cl)c(C)n2C(=O)c1ccc(Cl)cc1. The predicted octanol–water partition coefficient (Wildman–Crippen LogP) is 6.79. The Balaban J connectivity index is 1.76. The van der Waals surface area contributed by atoms with Gasteiger partial charge in [0.15, 0.2) is 0 Å². The van der Waals surface area contributed by atoms with Gasteiger partial charge >= 0.3 is 0 Å². The molecule has 0 radical (unpaired) electrons. The highest BCUT2D eigenvalue weighted by atomic mass is 35.5. The van der Waals surface area contributed by atoms with Gasteiger partial charge in [0, 0.05) is 26.7 Å². The van der Waals surface area contributed by atoms with E-state index >= 15 is 0 Å². The van der Waals surface area contributed by atoms with E-state index in [9.17, 15) is 9.59 Å². The van der Waals surface area contributed by atoms with Crippen molar-refractivity contribution in [1.29, 1.82) is 0 Å². The highest BCUT2D eigenvalue weighted by molar-refractivity contribution is 6.35. The summed E-state index contributed by atoms with van der Waals surface area (Å²) < 4.78 is 6.98. The fourth-order valence-corrected chi connectivity index (χ4v) is 4.21. The first-order valence-corrected chi connectivity index (χ1v) is 11.1. The van der Waals surface area contributed by atoms with Crippen LogP contribution in [0.3, 0.4) is 0 Å². The number of anilines is 1. The number of nitrogens with one attached hydrogen (secondary N) is 1. The van der Waals surface area contributed by atoms with E-state index in [2.05, 4.69) is 5.32 Å². The van der Waals surface area contributed by atoms with Crippen LogP contribution in [0, 0.1) is 6.92 Å². The molecule has 0 saturated carbocycles. The molecule has 8 heteroatoms. The van der Waals surface area contributed by atoms with Crippen molar-refractivity contribution in [2.75, 3.05) is 12.4 Å². The number of methoxy groups -OCH3 is 1. The third-order valence-electron chi connectivity index (χ3n) is 5.38. The van der Waals surface area contributed by atoms with Gasteiger partial charge in [-0.25, -0.2) is 0 Å². The first-order chi connectivity index (χ1) is 15.8. The highest BCUT2D eigenvalue weighted by Crippen LogP contribution is 2.32. The number of aromatic nitrogens is 1. The molecule has 0 aliphatic heterocycles. The molecule has 0 unspecified atom stereocenters. The molecule has 168 valence electrons. The van der Waals surface area contributed by atoms with Crippen LogP contribution in [-0.4, -0.2) is 23.5 Å². The molecule has 1 aromatic heterocycles. The molecule has 0 saturated heterocycles. The summed E-state index contributed by atoms with van der Waals surface area (Å²) in [6, 6.07) is 16.9. The van der Waals surface area contributed by atoms with Gasteiger partial charge in [0.1, 0.15) is 5.75 Å². The minimum absolute atomic E-state index is 0.0270. The van der Waals surface area contributed by atoms with Crippen LogP contribution in [-0.2, 0) is 11.2 Å². The van der Waals surface area contributed by atoms with Crippen LogP contribution in [0.15, 0.2) is 60.7 Å². The van der Waals surface area contributed by atoms with Crippen LogP contribution in [0.4, 0.5) is 5.69 Å². The minimum atomic E-state index is -0.289. The van der Waals surface area contributed by atoms with Crippen molar-refractivity contribution in [3.05, 3.63) is 92.6 Å². The monoisotopic (exact) mass is 500 g/mol. The van der Waals surface area contributed by atoms with Gasteiger partial charge in [0.2, 0.25) is 5.91 Å². The van der Waals surface area contributed by atoms with Gasteiger partial charge in [-0.2, -0.15) is 0 Å². The number of fused-ring (bicyclic) bond motifs is 1. The molecule has 33 heavy (non-hydrogen) atoms. The van der Waals surface area contributed by atoms with Gasteiger partial charge < -0.3 is 10.1 Å². The zero-order valence-corrected chi connectivity index (χ0v) is 20.1. The quantitative estimate of drug-likeness (QED) is 0.327. The standard InChI is InChI=1S/C25H19Cl3N2O3/c1-14-19(13-24(31)29-22-11-17(27)7-9-21(22)28)20-12-18(33-2)8-10-23(20)30(14)25(32)15-3-5-16(26)6-4-15/h3-12H,13H2,1-2H3,(H,29,31). The molecule has 3 aromatic carbocycles. The number of nitrogens with zero attached hydrogens (tertiary/aromatic N) is 1. The lowest BCUT2D eigenvalue weighted by Crippen LogP contribution is -2.17. The number of rotatable bonds is 5. The number of halogens is 3. The van der Waals surface area contributed by atoms with Crippen molar-refractivity contribution < 1.29 is 14.3 Å². The van der Waals surface area contributed by atoms with Gasteiger partial charge in [-0.15, -0.1) is 0 Å². The van der Waals surface area contributed by atoms with Crippen LogP contribution in [0.25, 0.3) is 10.9 Å². The molecule has 1 heterocycles. The van der Waals surface area contributed by atoms with Crippen LogP contribution >= 0.6 is 34.8 Å². The maximum absolute atomic E-state index is 13.4. The number of carbonyl (C=O) groups excluding carboxylic acids is 2. The van der Waals surface area contributed by atoms with Crippen LogP contribution in [0.5, 0.6) is 5.75 Å². The summed E-state index contributed by atoms with van der Waals surface area (Å²) in [5.74, 6) is 0.116. The Morgan fingerprint density at radius 3 is 2.33 bits per heavy atom. The first-order valence-electron chi connectivity index (χ1n) is 10.0. The fraction of sp³-hybridized carbons (Fsp3) is 0.120. The van der Waals surface area contributed by atoms with Crippen LogP contribution < -0.4 is 10.1 Å². The van der Waals surface area contributed by atoms with E-state index < -0.39 is 0 Å². The second-order valence-electron chi connectivity index (χ2n) is 7.44. The lowest BCUT2D eigenvalue weighted by Gasteiger charge is -2.09. The molecule has 0 spiro atoms. The van der Waals surface area contributed by atoms with Crippen molar-refractivity contribution in [3.8, 4) is 5.75 Å². The van der Waals surface area contributed by atoms with Gasteiger partial charge in [0.25, 0.3) is 5.91 Å². The zero-order valence-electron chi connectivity index (χ0n) is 17.8. The second-order valence-corrected chi connectivity index (χ2v) is 8.72. The number of benzene rings is 3. The Kier molecular flexibility index (Phi) is 6.66. The van der Waals surface area contributed by atoms with E-state index in [1.54, 1.807) is 60.2 Å². The molecule has 1 N–H and O–H groups in total. The Hall–Kier alpha value is -2.99. The Labute approximate surface area is 205 Å².